The molecule has 36 heavy (non-hydrogen) atoms. The number of pyridine rings is 1. The monoisotopic (exact) mass is 489 g/mol. The molecule has 7 heteroatoms. The van der Waals surface area contributed by atoms with Gasteiger partial charge in [0, 0.05) is 36.1 Å². The van der Waals surface area contributed by atoms with Crippen LogP contribution < -0.4 is 5.56 Å². The lowest BCUT2D eigenvalue weighted by atomic mass is 9.93. The van der Waals surface area contributed by atoms with E-state index in [2.05, 4.69) is 9.80 Å². The van der Waals surface area contributed by atoms with Gasteiger partial charge in [0.25, 0.3) is 5.56 Å². The summed E-state index contributed by atoms with van der Waals surface area (Å²) in [6.07, 6.45) is 3.38. The molecule has 0 radical (unpaired) electrons. The highest BCUT2D eigenvalue weighted by Crippen LogP contribution is 2.27. The molecule has 3 aromatic rings. The summed E-state index contributed by atoms with van der Waals surface area (Å²) in [5, 5.41) is 11.2. The summed E-state index contributed by atoms with van der Waals surface area (Å²) < 4.78 is 7.09. The van der Waals surface area contributed by atoms with E-state index in [0.29, 0.717) is 34.6 Å². The van der Waals surface area contributed by atoms with Gasteiger partial charge in [0.1, 0.15) is 0 Å². The first kappa shape index (κ1) is 24.7. The fourth-order valence-corrected chi connectivity index (χ4v) is 5.66. The highest BCUT2D eigenvalue weighted by molar-refractivity contribution is 6.04. The second-order valence-corrected chi connectivity index (χ2v) is 10.1. The van der Waals surface area contributed by atoms with Crippen molar-refractivity contribution in [1.29, 1.82) is 0 Å². The first-order valence-electron chi connectivity index (χ1n) is 13.0. The number of aryl methyl sites for hydroxylation is 1. The Kier molecular flexibility index (Phi) is 7.51. The van der Waals surface area contributed by atoms with E-state index < -0.39 is 5.97 Å². The molecule has 1 aromatic heterocycles. The number of piperidine rings is 1. The van der Waals surface area contributed by atoms with Crippen LogP contribution in [0.5, 0.6) is 0 Å². The average molecular weight is 490 g/mol. The topological polar surface area (TPSA) is 75.0 Å². The maximum atomic E-state index is 13.7. The first-order chi connectivity index (χ1) is 17.5. The smallest absolute Gasteiger partial charge is 0.338 e. The Labute approximate surface area is 211 Å². The Balaban J connectivity index is 1.42. The zero-order valence-corrected chi connectivity index (χ0v) is 21.0. The van der Waals surface area contributed by atoms with Crippen LogP contribution in [0, 0.1) is 12.8 Å². The van der Waals surface area contributed by atoms with E-state index >= 15 is 0 Å². The van der Waals surface area contributed by atoms with Gasteiger partial charge in [0.05, 0.1) is 24.5 Å². The van der Waals surface area contributed by atoms with Gasteiger partial charge < -0.3 is 9.84 Å². The van der Waals surface area contributed by atoms with Gasteiger partial charge in [-0.25, -0.2) is 4.79 Å². The van der Waals surface area contributed by atoms with Crippen molar-refractivity contribution >= 4 is 16.7 Å². The molecule has 0 spiro atoms. The van der Waals surface area contributed by atoms with E-state index in [1.54, 1.807) is 28.8 Å². The van der Waals surface area contributed by atoms with E-state index in [4.69, 9.17) is 4.74 Å². The van der Waals surface area contributed by atoms with Crippen molar-refractivity contribution in [1.82, 2.24) is 14.4 Å². The molecule has 1 N–H and O–H groups in total. The number of aromatic carboxylic acids is 1. The number of hydrogen-bond acceptors (Lipinski definition) is 5. The fourth-order valence-electron chi connectivity index (χ4n) is 5.66. The van der Waals surface area contributed by atoms with Gasteiger partial charge in [-0.05, 0) is 75.5 Å². The molecule has 0 bridgehead atoms. The van der Waals surface area contributed by atoms with Gasteiger partial charge in [-0.2, -0.15) is 0 Å². The summed E-state index contributed by atoms with van der Waals surface area (Å²) in [6, 6.07) is 14.8. The SMILES string of the molecule is Cc1cccc(-n2c(CN3CCC(CCN4CCOCC4)CC3)c(C(=O)O)c3ccccc3c2=O)c1. The van der Waals surface area contributed by atoms with Crippen molar-refractivity contribution in [3.8, 4) is 5.69 Å². The number of hydrogen-bond donors (Lipinski definition) is 1. The van der Waals surface area contributed by atoms with Gasteiger partial charge in [0.15, 0.2) is 0 Å². The molecule has 2 aromatic carbocycles. The number of benzene rings is 2. The minimum Gasteiger partial charge on any atom is -0.478 e. The number of carboxylic acid groups (broad SMARTS) is 1. The summed E-state index contributed by atoms with van der Waals surface area (Å²) >= 11 is 0. The lowest BCUT2D eigenvalue weighted by molar-refractivity contribution is 0.0334. The molecule has 190 valence electrons. The molecule has 0 aliphatic carbocycles. The van der Waals surface area contributed by atoms with Crippen molar-refractivity contribution in [2.45, 2.75) is 32.7 Å². The molecule has 2 fully saturated rings. The average Bonchev–Trinajstić information content (AvgIpc) is 2.89. The van der Waals surface area contributed by atoms with Crippen LogP contribution in [0.1, 0.15) is 40.9 Å². The molecule has 0 saturated carbocycles. The molecular formula is C29H35N3O4. The maximum absolute atomic E-state index is 13.7. The minimum atomic E-state index is -0.997. The third-order valence-corrected chi connectivity index (χ3v) is 7.70. The second kappa shape index (κ2) is 10.9. The third-order valence-electron chi connectivity index (χ3n) is 7.70. The molecule has 5 rings (SSSR count). The Morgan fingerprint density at radius 2 is 1.69 bits per heavy atom. The Bertz CT molecular complexity index is 1290. The summed E-state index contributed by atoms with van der Waals surface area (Å²) in [6.45, 7) is 9.06. The largest absolute Gasteiger partial charge is 0.478 e. The number of fused-ring (bicyclic) bond motifs is 1. The second-order valence-electron chi connectivity index (χ2n) is 10.1. The standard InChI is InChI=1S/C29H35N3O4/c1-21-5-4-6-23(19-21)32-26(27(29(34)35)24-7-2-3-8-25(24)28(32)33)20-31-13-10-22(11-14-31)9-12-30-15-17-36-18-16-30/h2-8,19,22H,9-18,20H2,1H3,(H,34,35). The van der Waals surface area contributed by atoms with Crippen LogP contribution in [0.3, 0.4) is 0 Å². The predicted octanol–water partition coefficient (Wildman–Crippen LogP) is 3.93. The van der Waals surface area contributed by atoms with Crippen molar-refractivity contribution in [3.05, 3.63) is 75.7 Å². The number of nitrogens with zero attached hydrogens (tertiary/aromatic N) is 3. The van der Waals surface area contributed by atoms with Crippen LogP contribution in [-0.2, 0) is 11.3 Å². The Morgan fingerprint density at radius 1 is 0.972 bits per heavy atom. The number of rotatable bonds is 7. The number of ether oxygens (including phenoxy) is 1. The van der Waals surface area contributed by atoms with Crippen LogP contribution in [0.2, 0.25) is 0 Å². The maximum Gasteiger partial charge on any atom is 0.338 e. The first-order valence-corrected chi connectivity index (χ1v) is 13.0. The van der Waals surface area contributed by atoms with Crippen molar-refractivity contribution in [3.63, 3.8) is 0 Å². The zero-order valence-electron chi connectivity index (χ0n) is 21.0. The number of aromatic nitrogens is 1. The molecule has 7 nitrogen and oxygen atoms in total. The molecule has 2 aliphatic heterocycles. The van der Waals surface area contributed by atoms with Crippen LogP contribution in [0.15, 0.2) is 53.3 Å². The summed E-state index contributed by atoms with van der Waals surface area (Å²) in [7, 11) is 0. The van der Waals surface area contributed by atoms with Crippen molar-refractivity contribution in [2.75, 3.05) is 45.9 Å². The van der Waals surface area contributed by atoms with Crippen molar-refractivity contribution < 1.29 is 14.6 Å². The van der Waals surface area contributed by atoms with E-state index in [1.807, 2.05) is 31.2 Å². The van der Waals surface area contributed by atoms with Crippen LogP contribution in [0.4, 0.5) is 0 Å². The zero-order chi connectivity index (χ0) is 25.1. The van der Waals surface area contributed by atoms with Crippen LogP contribution >= 0.6 is 0 Å². The van der Waals surface area contributed by atoms with Crippen LogP contribution in [-0.4, -0.2) is 71.4 Å². The number of morpholine rings is 1. The van der Waals surface area contributed by atoms with E-state index in [9.17, 15) is 14.7 Å². The predicted molar refractivity (Wildman–Crippen MR) is 141 cm³/mol. The highest BCUT2D eigenvalue weighted by Gasteiger charge is 2.26. The highest BCUT2D eigenvalue weighted by atomic mass is 16.5. The number of carbonyl (C=O) groups is 1. The quantitative estimate of drug-likeness (QED) is 0.542. The molecule has 2 saturated heterocycles. The van der Waals surface area contributed by atoms with Crippen molar-refractivity contribution in [2.24, 2.45) is 5.92 Å². The minimum absolute atomic E-state index is 0.170. The number of likely N-dealkylation sites (tertiary alicyclic amines) is 1. The molecule has 0 atom stereocenters. The van der Waals surface area contributed by atoms with Gasteiger partial charge >= 0.3 is 5.97 Å². The molecule has 2 aliphatic rings. The molecule has 0 amide bonds. The third kappa shape index (κ3) is 5.24. The normalized spacial score (nSPS) is 18.0. The van der Waals surface area contributed by atoms with E-state index in [1.165, 1.54) is 6.42 Å². The molecule has 0 unspecified atom stereocenters. The molecule has 3 heterocycles. The molecular weight excluding hydrogens is 454 g/mol. The lowest BCUT2D eigenvalue weighted by Crippen LogP contribution is -2.39. The Hall–Kier alpha value is -3.00. The Morgan fingerprint density at radius 3 is 2.39 bits per heavy atom. The van der Waals surface area contributed by atoms with Gasteiger partial charge in [-0.1, -0.05) is 30.3 Å². The lowest BCUT2D eigenvalue weighted by Gasteiger charge is -2.34. The van der Waals surface area contributed by atoms with Gasteiger partial charge in [0.2, 0.25) is 0 Å². The fraction of sp³-hybridized carbons (Fsp3) is 0.448. The van der Waals surface area contributed by atoms with Gasteiger partial charge in [-0.15, -0.1) is 0 Å². The number of carboxylic acids is 1. The van der Waals surface area contributed by atoms with Crippen LogP contribution in [0.25, 0.3) is 16.5 Å². The van der Waals surface area contributed by atoms with E-state index in [0.717, 1.165) is 64.3 Å². The van der Waals surface area contributed by atoms with Gasteiger partial charge in [-0.3, -0.25) is 19.2 Å². The summed E-state index contributed by atoms with van der Waals surface area (Å²) in [4.78, 5) is 31.1. The summed E-state index contributed by atoms with van der Waals surface area (Å²) in [5.41, 5.74) is 2.35. The van der Waals surface area contributed by atoms with E-state index in [-0.39, 0.29) is 11.1 Å². The summed E-state index contributed by atoms with van der Waals surface area (Å²) in [5.74, 6) is -0.318.